The van der Waals surface area contributed by atoms with Gasteiger partial charge in [0, 0.05) is 5.25 Å². The first-order chi connectivity index (χ1) is 5.16. The van der Waals surface area contributed by atoms with Crippen LogP contribution >= 0.6 is 12.6 Å². The third-order valence-electron chi connectivity index (χ3n) is 2.04. The molecule has 0 fully saturated rings. The summed E-state index contributed by atoms with van der Waals surface area (Å²) < 4.78 is 0. The fourth-order valence-corrected chi connectivity index (χ4v) is 1.32. The molecule has 0 aliphatic heterocycles. The molecular weight excluding hydrogens is 152 g/mol. The van der Waals surface area contributed by atoms with Crippen LogP contribution in [0.25, 0.3) is 0 Å². The molecule has 0 radical (unpaired) electrons. The summed E-state index contributed by atoms with van der Waals surface area (Å²) in [6, 6.07) is 0. The van der Waals surface area contributed by atoms with Gasteiger partial charge < -0.3 is 0 Å². The van der Waals surface area contributed by atoms with Crippen LogP contribution in [0.3, 0.4) is 0 Å². The van der Waals surface area contributed by atoms with Crippen molar-refractivity contribution in [1.29, 1.82) is 0 Å². The van der Waals surface area contributed by atoms with Gasteiger partial charge in [-0.3, -0.25) is 0 Å². The van der Waals surface area contributed by atoms with E-state index in [1.807, 2.05) is 0 Å². The number of hydrogen-bond donors (Lipinski definition) is 1. The van der Waals surface area contributed by atoms with Gasteiger partial charge >= 0.3 is 0 Å². The second-order valence-corrected chi connectivity index (χ2v) is 4.47. The van der Waals surface area contributed by atoms with E-state index in [-0.39, 0.29) is 0 Å². The van der Waals surface area contributed by atoms with Crippen LogP contribution in [-0.2, 0) is 0 Å². The zero-order valence-corrected chi connectivity index (χ0v) is 9.03. The van der Waals surface area contributed by atoms with Crippen LogP contribution in [0.2, 0.25) is 0 Å². The molecule has 0 aromatic heterocycles. The van der Waals surface area contributed by atoms with Gasteiger partial charge in [-0.05, 0) is 18.8 Å². The molecule has 1 heteroatoms. The average molecular weight is 174 g/mol. The Bertz CT molecular complexity index is 78.9. The lowest BCUT2D eigenvalue weighted by Crippen LogP contribution is -1.96. The summed E-state index contributed by atoms with van der Waals surface area (Å²) in [5.74, 6) is 0.870. The number of thiol groups is 1. The van der Waals surface area contributed by atoms with Crippen molar-refractivity contribution in [2.75, 3.05) is 0 Å². The Morgan fingerprint density at radius 1 is 1.09 bits per heavy atom. The molecule has 0 N–H and O–H groups in total. The van der Waals surface area contributed by atoms with Gasteiger partial charge in [-0.25, -0.2) is 0 Å². The smallest absolute Gasteiger partial charge is 0.00141 e. The third-order valence-corrected chi connectivity index (χ3v) is 2.66. The van der Waals surface area contributed by atoms with E-state index < -0.39 is 0 Å². The van der Waals surface area contributed by atoms with E-state index in [9.17, 15) is 0 Å². The Hall–Kier alpha value is 0.350. The predicted octanol–water partition coefficient (Wildman–Crippen LogP) is 3.91. The van der Waals surface area contributed by atoms with Crippen molar-refractivity contribution in [3.8, 4) is 0 Å². The van der Waals surface area contributed by atoms with Gasteiger partial charge in [0.25, 0.3) is 0 Å². The minimum atomic E-state index is 0.641. The molecule has 1 atom stereocenters. The number of rotatable bonds is 6. The van der Waals surface area contributed by atoms with E-state index in [1.54, 1.807) is 0 Å². The molecule has 0 saturated heterocycles. The molecule has 0 rings (SSSR count). The first kappa shape index (κ1) is 11.4. The summed E-state index contributed by atoms with van der Waals surface area (Å²) in [4.78, 5) is 0. The first-order valence-electron chi connectivity index (χ1n) is 4.84. The Morgan fingerprint density at radius 3 is 2.09 bits per heavy atom. The highest BCUT2D eigenvalue weighted by Gasteiger charge is 1.99. The fourth-order valence-electron chi connectivity index (χ4n) is 1.14. The largest absolute Gasteiger partial charge is 0.176 e. The SMILES string of the molecule is CCC(S)CCCCC(C)C. The molecule has 0 spiro atoms. The van der Waals surface area contributed by atoms with Crippen molar-refractivity contribution in [1.82, 2.24) is 0 Å². The van der Waals surface area contributed by atoms with Gasteiger partial charge in [-0.1, -0.05) is 40.0 Å². The summed E-state index contributed by atoms with van der Waals surface area (Å²) in [5.41, 5.74) is 0. The maximum Gasteiger partial charge on any atom is 0.00141 e. The van der Waals surface area contributed by atoms with Crippen LogP contribution < -0.4 is 0 Å². The second-order valence-electron chi connectivity index (χ2n) is 3.74. The molecule has 0 saturated carbocycles. The summed E-state index contributed by atoms with van der Waals surface area (Å²) >= 11 is 4.45. The van der Waals surface area contributed by atoms with Crippen LogP contribution in [0, 0.1) is 5.92 Å². The predicted molar refractivity (Wildman–Crippen MR) is 56.4 cm³/mol. The molecule has 0 heterocycles. The lowest BCUT2D eigenvalue weighted by atomic mass is 10.0. The number of hydrogen-bond acceptors (Lipinski definition) is 1. The minimum Gasteiger partial charge on any atom is -0.176 e. The topological polar surface area (TPSA) is 0 Å². The number of unbranched alkanes of at least 4 members (excludes halogenated alkanes) is 1. The second kappa shape index (κ2) is 7.02. The van der Waals surface area contributed by atoms with Crippen LogP contribution in [0.5, 0.6) is 0 Å². The molecule has 1 unspecified atom stereocenters. The quantitative estimate of drug-likeness (QED) is 0.458. The summed E-state index contributed by atoms with van der Waals surface area (Å²) in [6.07, 6.45) is 6.64. The normalized spacial score (nSPS) is 13.9. The van der Waals surface area contributed by atoms with Crippen molar-refractivity contribution in [3.05, 3.63) is 0 Å². The monoisotopic (exact) mass is 174 g/mol. The van der Waals surface area contributed by atoms with Crippen molar-refractivity contribution < 1.29 is 0 Å². The third kappa shape index (κ3) is 8.25. The Kier molecular flexibility index (Phi) is 7.25. The Morgan fingerprint density at radius 2 is 1.64 bits per heavy atom. The van der Waals surface area contributed by atoms with Crippen molar-refractivity contribution in [2.24, 2.45) is 5.92 Å². The first-order valence-corrected chi connectivity index (χ1v) is 5.36. The highest BCUT2D eigenvalue weighted by molar-refractivity contribution is 7.80. The van der Waals surface area contributed by atoms with Gasteiger partial charge in [-0.15, -0.1) is 0 Å². The van der Waals surface area contributed by atoms with E-state index in [0.717, 1.165) is 5.92 Å². The lowest BCUT2D eigenvalue weighted by molar-refractivity contribution is 0.522. The van der Waals surface area contributed by atoms with Crippen LogP contribution in [0.1, 0.15) is 52.9 Å². The highest BCUT2D eigenvalue weighted by atomic mass is 32.1. The molecular formula is C10H22S. The average Bonchev–Trinajstić information content (AvgIpc) is 1.97. The highest BCUT2D eigenvalue weighted by Crippen LogP contribution is 2.13. The minimum absolute atomic E-state index is 0.641. The summed E-state index contributed by atoms with van der Waals surface area (Å²) in [5, 5.41) is 0.641. The molecule has 11 heavy (non-hydrogen) atoms. The van der Waals surface area contributed by atoms with Crippen LogP contribution in [-0.4, -0.2) is 5.25 Å². The van der Waals surface area contributed by atoms with Gasteiger partial charge in [0.2, 0.25) is 0 Å². The summed E-state index contributed by atoms with van der Waals surface area (Å²) in [7, 11) is 0. The Labute approximate surface area is 77.2 Å². The molecule has 0 aliphatic rings. The van der Waals surface area contributed by atoms with E-state index in [2.05, 4.69) is 33.4 Å². The Balaban J connectivity index is 3.01. The zero-order valence-electron chi connectivity index (χ0n) is 8.14. The van der Waals surface area contributed by atoms with Crippen molar-refractivity contribution in [3.63, 3.8) is 0 Å². The van der Waals surface area contributed by atoms with E-state index in [1.165, 1.54) is 32.1 Å². The molecule has 0 aromatic rings. The summed E-state index contributed by atoms with van der Waals surface area (Å²) in [6.45, 7) is 6.79. The molecule has 0 aromatic carbocycles. The molecule has 0 aliphatic carbocycles. The van der Waals surface area contributed by atoms with Gasteiger partial charge in [0.15, 0.2) is 0 Å². The van der Waals surface area contributed by atoms with Gasteiger partial charge in [-0.2, -0.15) is 12.6 Å². The maximum atomic E-state index is 4.45. The van der Waals surface area contributed by atoms with E-state index in [0.29, 0.717) is 5.25 Å². The van der Waals surface area contributed by atoms with E-state index in [4.69, 9.17) is 0 Å². The zero-order chi connectivity index (χ0) is 8.69. The van der Waals surface area contributed by atoms with Gasteiger partial charge in [0.1, 0.15) is 0 Å². The van der Waals surface area contributed by atoms with Crippen molar-refractivity contribution in [2.45, 2.75) is 58.1 Å². The standard InChI is InChI=1S/C10H22S/c1-4-10(11)8-6-5-7-9(2)3/h9-11H,4-8H2,1-3H3. The molecule has 0 bridgehead atoms. The molecule has 68 valence electrons. The van der Waals surface area contributed by atoms with Gasteiger partial charge in [0.05, 0.1) is 0 Å². The maximum absolute atomic E-state index is 4.45. The fraction of sp³-hybridized carbons (Fsp3) is 1.00. The molecule has 0 nitrogen and oxygen atoms in total. The molecule has 0 amide bonds. The van der Waals surface area contributed by atoms with Crippen LogP contribution in [0.4, 0.5) is 0 Å². The van der Waals surface area contributed by atoms with E-state index >= 15 is 0 Å². The lowest BCUT2D eigenvalue weighted by Gasteiger charge is -2.07. The van der Waals surface area contributed by atoms with Crippen LogP contribution in [0.15, 0.2) is 0 Å². The van der Waals surface area contributed by atoms with Crippen molar-refractivity contribution >= 4 is 12.6 Å².